The first-order valence-corrected chi connectivity index (χ1v) is 4.00. The summed E-state index contributed by atoms with van der Waals surface area (Å²) in [5, 5.41) is 19.1. The molecule has 4 heteroatoms. The fourth-order valence-electron chi connectivity index (χ4n) is 0.779. The molecular formula is C7H8O3S. The monoisotopic (exact) mass is 172 g/mol. The van der Waals surface area contributed by atoms with Crippen LogP contribution < -0.4 is 0 Å². The fraction of sp³-hybridized carbons (Fsp3) is 0.286. The van der Waals surface area contributed by atoms with Crippen LogP contribution in [0.3, 0.4) is 0 Å². The Morgan fingerprint density at radius 3 is 2.82 bits per heavy atom. The summed E-state index contributed by atoms with van der Waals surface area (Å²) in [5.41, 5.74) is 0. The molecule has 0 aromatic carbocycles. The van der Waals surface area contributed by atoms with Crippen molar-refractivity contribution in [3.63, 3.8) is 0 Å². The van der Waals surface area contributed by atoms with Crippen molar-refractivity contribution in [3.8, 4) is 0 Å². The summed E-state index contributed by atoms with van der Waals surface area (Å²) in [6.07, 6.45) is 0. The number of aliphatic hydroxyl groups is 1. The maximum atomic E-state index is 10.5. The standard InChI is InChI=1S/C7H8O3S/c8-4-5(7(9)10)6-2-1-3-11-6/h1-3,5,8H,4H2,(H,9,10). The first kappa shape index (κ1) is 8.23. The number of aliphatic carboxylic acids is 1. The molecule has 11 heavy (non-hydrogen) atoms. The van der Waals surface area contributed by atoms with Gasteiger partial charge in [-0.25, -0.2) is 0 Å². The van der Waals surface area contributed by atoms with E-state index < -0.39 is 11.9 Å². The number of carboxylic acid groups (broad SMARTS) is 1. The first-order valence-electron chi connectivity index (χ1n) is 3.12. The Kier molecular flexibility index (Phi) is 2.62. The SMILES string of the molecule is O=C(O)C(CO)c1cccs1. The Morgan fingerprint density at radius 1 is 1.73 bits per heavy atom. The van der Waals surface area contributed by atoms with Crippen molar-refractivity contribution < 1.29 is 15.0 Å². The topological polar surface area (TPSA) is 57.5 Å². The quantitative estimate of drug-likeness (QED) is 0.712. The van der Waals surface area contributed by atoms with E-state index in [0.29, 0.717) is 4.88 Å². The lowest BCUT2D eigenvalue weighted by molar-refractivity contribution is -0.139. The molecule has 1 heterocycles. The minimum atomic E-state index is -0.977. The highest BCUT2D eigenvalue weighted by Crippen LogP contribution is 2.20. The maximum Gasteiger partial charge on any atom is 0.314 e. The van der Waals surface area contributed by atoms with Gasteiger partial charge in [0, 0.05) is 4.88 Å². The Bertz CT molecular complexity index is 230. The molecule has 0 fully saturated rings. The van der Waals surface area contributed by atoms with Gasteiger partial charge in [-0.05, 0) is 11.4 Å². The van der Waals surface area contributed by atoms with Crippen LogP contribution in [0.15, 0.2) is 17.5 Å². The second kappa shape index (κ2) is 3.50. The van der Waals surface area contributed by atoms with E-state index in [1.807, 2.05) is 0 Å². The van der Waals surface area contributed by atoms with Crippen molar-refractivity contribution in [2.24, 2.45) is 0 Å². The molecule has 0 spiro atoms. The molecule has 0 aliphatic rings. The number of hydrogen-bond acceptors (Lipinski definition) is 3. The van der Waals surface area contributed by atoms with Gasteiger partial charge in [-0.2, -0.15) is 0 Å². The van der Waals surface area contributed by atoms with Gasteiger partial charge in [0.1, 0.15) is 5.92 Å². The minimum Gasteiger partial charge on any atom is -0.481 e. The van der Waals surface area contributed by atoms with Crippen molar-refractivity contribution in [2.75, 3.05) is 6.61 Å². The molecule has 2 N–H and O–H groups in total. The van der Waals surface area contributed by atoms with E-state index >= 15 is 0 Å². The number of carboxylic acids is 1. The zero-order valence-corrected chi connectivity index (χ0v) is 6.54. The summed E-state index contributed by atoms with van der Waals surface area (Å²) in [5.74, 6) is -1.73. The third kappa shape index (κ3) is 1.78. The van der Waals surface area contributed by atoms with Crippen LogP contribution in [0.4, 0.5) is 0 Å². The molecule has 1 aromatic heterocycles. The van der Waals surface area contributed by atoms with Gasteiger partial charge in [-0.1, -0.05) is 6.07 Å². The van der Waals surface area contributed by atoms with Crippen LogP contribution in [0.2, 0.25) is 0 Å². The molecule has 3 nitrogen and oxygen atoms in total. The average Bonchev–Trinajstić information content (AvgIpc) is 2.40. The zero-order chi connectivity index (χ0) is 8.27. The highest BCUT2D eigenvalue weighted by atomic mass is 32.1. The summed E-state index contributed by atoms with van der Waals surface area (Å²) >= 11 is 1.34. The van der Waals surface area contributed by atoms with E-state index in [-0.39, 0.29) is 6.61 Å². The average molecular weight is 172 g/mol. The Hall–Kier alpha value is -0.870. The van der Waals surface area contributed by atoms with Gasteiger partial charge in [0.15, 0.2) is 0 Å². The molecule has 60 valence electrons. The largest absolute Gasteiger partial charge is 0.481 e. The Balaban J connectivity index is 2.79. The van der Waals surface area contributed by atoms with Gasteiger partial charge in [0.2, 0.25) is 0 Å². The Labute approximate surface area is 67.9 Å². The highest BCUT2D eigenvalue weighted by Gasteiger charge is 2.18. The van der Waals surface area contributed by atoms with Crippen molar-refractivity contribution in [3.05, 3.63) is 22.4 Å². The molecule has 1 rings (SSSR count). The van der Waals surface area contributed by atoms with Crippen LogP contribution in [0.25, 0.3) is 0 Å². The summed E-state index contributed by atoms with van der Waals surface area (Å²) in [7, 11) is 0. The lowest BCUT2D eigenvalue weighted by Crippen LogP contribution is -2.13. The molecule has 0 bridgehead atoms. The molecular weight excluding hydrogens is 164 g/mol. The van der Waals surface area contributed by atoms with Crippen molar-refractivity contribution >= 4 is 17.3 Å². The summed E-state index contributed by atoms with van der Waals surface area (Å²) in [6, 6.07) is 3.48. The number of carbonyl (C=O) groups is 1. The van der Waals surface area contributed by atoms with E-state index in [0.717, 1.165) is 0 Å². The molecule has 0 amide bonds. The first-order chi connectivity index (χ1) is 5.25. The number of aliphatic hydroxyl groups excluding tert-OH is 1. The van der Waals surface area contributed by atoms with E-state index in [1.165, 1.54) is 11.3 Å². The maximum absolute atomic E-state index is 10.5. The van der Waals surface area contributed by atoms with Crippen LogP contribution >= 0.6 is 11.3 Å². The molecule has 1 atom stereocenters. The van der Waals surface area contributed by atoms with Crippen LogP contribution in [0, 0.1) is 0 Å². The van der Waals surface area contributed by atoms with Crippen molar-refractivity contribution in [1.29, 1.82) is 0 Å². The van der Waals surface area contributed by atoms with Crippen LogP contribution in [0.1, 0.15) is 10.8 Å². The Morgan fingerprint density at radius 2 is 2.45 bits per heavy atom. The van der Waals surface area contributed by atoms with Crippen LogP contribution in [-0.2, 0) is 4.79 Å². The molecule has 1 aromatic rings. The summed E-state index contributed by atoms with van der Waals surface area (Å²) < 4.78 is 0. The molecule has 0 radical (unpaired) electrons. The normalized spacial score (nSPS) is 12.8. The third-order valence-corrected chi connectivity index (χ3v) is 2.35. The third-order valence-electron chi connectivity index (χ3n) is 1.37. The van der Waals surface area contributed by atoms with Gasteiger partial charge >= 0.3 is 5.97 Å². The molecule has 0 saturated heterocycles. The van der Waals surface area contributed by atoms with E-state index in [9.17, 15) is 4.79 Å². The van der Waals surface area contributed by atoms with Crippen LogP contribution in [-0.4, -0.2) is 22.8 Å². The number of hydrogen-bond donors (Lipinski definition) is 2. The predicted octanol–water partition coefficient (Wildman–Crippen LogP) is 0.909. The van der Waals surface area contributed by atoms with E-state index in [1.54, 1.807) is 17.5 Å². The lowest BCUT2D eigenvalue weighted by Gasteiger charge is -2.04. The lowest BCUT2D eigenvalue weighted by atomic mass is 10.1. The molecule has 0 saturated carbocycles. The van der Waals surface area contributed by atoms with E-state index in [2.05, 4.69) is 0 Å². The fourth-order valence-corrected chi connectivity index (χ4v) is 1.59. The predicted molar refractivity (Wildman–Crippen MR) is 41.8 cm³/mol. The van der Waals surface area contributed by atoms with Crippen molar-refractivity contribution in [2.45, 2.75) is 5.92 Å². The van der Waals surface area contributed by atoms with E-state index in [4.69, 9.17) is 10.2 Å². The summed E-state index contributed by atoms with van der Waals surface area (Å²) in [4.78, 5) is 11.2. The molecule has 1 unspecified atom stereocenters. The summed E-state index contributed by atoms with van der Waals surface area (Å²) in [6.45, 7) is -0.337. The molecule has 0 aliphatic heterocycles. The smallest absolute Gasteiger partial charge is 0.314 e. The van der Waals surface area contributed by atoms with Crippen LogP contribution in [0.5, 0.6) is 0 Å². The van der Waals surface area contributed by atoms with Gasteiger partial charge in [-0.3, -0.25) is 4.79 Å². The second-order valence-corrected chi connectivity index (χ2v) is 3.07. The van der Waals surface area contributed by atoms with Gasteiger partial charge in [0.25, 0.3) is 0 Å². The van der Waals surface area contributed by atoms with Gasteiger partial charge in [-0.15, -0.1) is 11.3 Å². The van der Waals surface area contributed by atoms with Crippen molar-refractivity contribution in [1.82, 2.24) is 0 Å². The zero-order valence-electron chi connectivity index (χ0n) is 5.73. The molecule has 0 aliphatic carbocycles. The second-order valence-electron chi connectivity index (χ2n) is 2.09. The number of rotatable bonds is 3. The minimum absolute atomic E-state index is 0.337. The highest BCUT2D eigenvalue weighted by molar-refractivity contribution is 7.10. The van der Waals surface area contributed by atoms with Gasteiger partial charge < -0.3 is 10.2 Å². The number of thiophene rings is 1. The van der Waals surface area contributed by atoms with Gasteiger partial charge in [0.05, 0.1) is 6.61 Å².